The van der Waals surface area contributed by atoms with E-state index in [2.05, 4.69) is 29.4 Å². The highest BCUT2D eigenvalue weighted by molar-refractivity contribution is 5.27. The third-order valence-corrected chi connectivity index (χ3v) is 5.09. The molecule has 3 nitrogen and oxygen atoms in total. The van der Waals surface area contributed by atoms with E-state index in [-0.39, 0.29) is 0 Å². The maximum absolute atomic E-state index is 5.21. The van der Waals surface area contributed by atoms with E-state index in [4.69, 9.17) is 4.74 Å². The van der Waals surface area contributed by atoms with Gasteiger partial charge in [-0.2, -0.15) is 0 Å². The SMILES string of the molecule is COc1ccc(CN(C)CC2CC3CCCCC3N2)cc1. The zero-order valence-electron chi connectivity index (χ0n) is 13.3. The van der Waals surface area contributed by atoms with Crippen molar-refractivity contribution in [2.45, 2.75) is 50.7 Å². The number of nitrogens with one attached hydrogen (secondary N) is 1. The molecule has 0 spiro atoms. The predicted molar refractivity (Wildman–Crippen MR) is 86.6 cm³/mol. The Labute approximate surface area is 128 Å². The van der Waals surface area contributed by atoms with Gasteiger partial charge >= 0.3 is 0 Å². The molecule has 2 aliphatic rings. The Morgan fingerprint density at radius 3 is 2.67 bits per heavy atom. The van der Waals surface area contributed by atoms with Gasteiger partial charge in [0.15, 0.2) is 0 Å². The van der Waals surface area contributed by atoms with Gasteiger partial charge in [-0.3, -0.25) is 0 Å². The van der Waals surface area contributed by atoms with Crippen LogP contribution < -0.4 is 10.1 Å². The molecule has 21 heavy (non-hydrogen) atoms. The second-order valence-corrected chi connectivity index (χ2v) is 6.80. The maximum atomic E-state index is 5.21. The normalized spacial score (nSPS) is 28.6. The summed E-state index contributed by atoms with van der Waals surface area (Å²) < 4.78 is 5.21. The molecule has 1 aromatic carbocycles. The van der Waals surface area contributed by atoms with Crippen molar-refractivity contribution in [3.63, 3.8) is 0 Å². The number of hydrogen-bond acceptors (Lipinski definition) is 3. The standard InChI is InChI=1S/C18H28N2O/c1-20(12-14-7-9-17(21-2)10-8-14)13-16-11-15-5-3-4-6-18(15)19-16/h7-10,15-16,18-19H,3-6,11-13H2,1-2H3. The van der Waals surface area contributed by atoms with Gasteiger partial charge in [0, 0.05) is 25.2 Å². The van der Waals surface area contributed by atoms with Crippen LogP contribution in [0.1, 0.15) is 37.7 Å². The first-order valence-corrected chi connectivity index (χ1v) is 8.32. The number of rotatable bonds is 5. The maximum Gasteiger partial charge on any atom is 0.118 e. The third kappa shape index (κ3) is 3.78. The number of methoxy groups -OCH3 is 1. The van der Waals surface area contributed by atoms with E-state index in [9.17, 15) is 0 Å². The lowest BCUT2D eigenvalue weighted by Crippen LogP contribution is -2.39. The van der Waals surface area contributed by atoms with Gasteiger partial charge in [-0.25, -0.2) is 0 Å². The van der Waals surface area contributed by atoms with Gasteiger partial charge in [0.1, 0.15) is 5.75 Å². The van der Waals surface area contributed by atoms with Crippen molar-refractivity contribution < 1.29 is 4.74 Å². The highest BCUT2D eigenvalue weighted by Gasteiger charge is 2.35. The van der Waals surface area contributed by atoms with Crippen molar-refractivity contribution in [2.75, 3.05) is 20.7 Å². The fourth-order valence-corrected chi connectivity index (χ4v) is 4.06. The molecule has 3 rings (SSSR count). The van der Waals surface area contributed by atoms with Gasteiger partial charge < -0.3 is 15.0 Å². The van der Waals surface area contributed by atoms with Gasteiger partial charge in [0.2, 0.25) is 0 Å². The Kier molecular flexibility index (Phi) is 4.81. The topological polar surface area (TPSA) is 24.5 Å². The zero-order valence-corrected chi connectivity index (χ0v) is 13.3. The minimum absolute atomic E-state index is 0.682. The molecule has 0 radical (unpaired) electrons. The molecule has 0 bridgehead atoms. The van der Waals surface area contributed by atoms with Crippen molar-refractivity contribution in [3.05, 3.63) is 29.8 Å². The first kappa shape index (κ1) is 14.9. The highest BCUT2D eigenvalue weighted by atomic mass is 16.5. The van der Waals surface area contributed by atoms with Crippen molar-refractivity contribution in [1.82, 2.24) is 10.2 Å². The summed E-state index contributed by atoms with van der Waals surface area (Å²) in [6, 6.07) is 9.91. The summed E-state index contributed by atoms with van der Waals surface area (Å²) in [7, 11) is 3.94. The van der Waals surface area contributed by atoms with E-state index in [1.54, 1.807) is 7.11 Å². The van der Waals surface area contributed by atoms with Crippen LogP contribution in [0, 0.1) is 5.92 Å². The number of ether oxygens (including phenoxy) is 1. The molecule has 1 aromatic rings. The van der Waals surface area contributed by atoms with Crippen molar-refractivity contribution in [1.29, 1.82) is 0 Å². The molecule has 1 N–H and O–H groups in total. The van der Waals surface area contributed by atoms with Crippen LogP contribution in [0.5, 0.6) is 5.75 Å². The summed E-state index contributed by atoms with van der Waals surface area (Å²) in [6.07, 6.45) is 7.07. The summed E-state index contributed by atoms with van der Waals surface area (Å²) in [5, 5.41) is 3.87. The number of benzene rings is 1. The number of hydrogen-bond donors (Lipinski definition) is 1. The molecule has 2 fully saturated rings. The molecule has 0 amide bonds. The van der Waals surface area contributed by atoms with Crippen LogP contribution in [-0.4, -0.2) is 37.7 Å². The van der Waals surface area contributed by atoms with E-state index in [1.807, 2.05) is 12.1 Å². The van der Waals surface area contributed by atoms with E-state index in [0.717, 1.165) is 30.8 Å². The molecule has 0 aromatic heterocycles. The second-order valence-electron chi connectivity index (χ2n) is 6.80. The lowest BCUT2D eigenvalue weighted by Gasteiger charge is -2.24. The van der Waals surface area contributed by atoms with Crippen LogP contribution in [0.15, 0.2) is 24.3 Å². The molecule has 1 aliphatic carbocycles. The summed E-state index contributed by atoms with van der Waals surface area (Å²) in [6.45, 7) is 2.16. The number of nitrogens with zero attached hydrogens (tertiary/aromatic N) is 1. The summed E-state index contributed by atoms with van der Waals surface area (Å²) in [5.41, 5.74) is 1.36. The Balaban J connectivity index is 1.48. The average Bonchev–Trinajstić information content (AvgIpc) is 2.90. The van der Waals surface area contributed by atoms with E-state index in [0.29, 0.717) is 6.04 Å². The van der Waals surface area contributed by atoms with Crippen molar-refractivity contribution in [2.24, 2.45) is 5.92 Å². The molecular formula is C18H28N2O. The van der Waals surface area contributed by atoms with Gasteiger partial charge in [-0.05, 0) is 49.9 Å². The van der Waals surface area contributed by atoms with Crippen LogP contribution in [-0.2, 0) is 6.54 Å². The molecule has 3 atom stereocenters. The van der Waals surface area contributed by atoms with Crippen molar-refractivity contribution >= 4 is 0 Å². The lowest BCUT2D eigenvalue weighted by atomic mass is 9.85. The van der Waals surface area contributed by atoms with Gasteiger partial charge in [-0.1, -0.05) is 25.0 Å². The molecular weight excluding hydrogens is 260 g/mol. The van der Waals surface area contributed by atoms with E-state index >= 15 is 0 Å². The molecule has 116 valence electrons. The number of fused-ring (bicyclic) bond motifs is 1. The Morgan fingerprint density at radius 1 is 1.19 bits per heavy atom. The quantitative estimate of drug-likeness (QED) is 0.901. The Bertz CT molecular complexity index is 431. The van der Waals surface area contributed by atoms with Gasteiger partial charge in [0.05, 0.1) is 7.11 Å². The van der Waals surface area contributed by atoms with Gasteiger partial charge in [-0.15, -0.1) is 0 Å². The first-order chi connectivity index (χ1) is 10.2. The summed E-state index contributed by atoms with van der Waals surface area (Å²) in [4.78, 5) is 2.44. The Morgan fingerprint density at radius 2 is 1.95 bits per heavy atom. The Hall–Kier alpha value is -1.06. The molecule has 1 saturated carbocycles. The van der Waals surface area contributed by atoms with Crippen LogP contribution >= 0.6 is 0 Å². The smallest absolute Gasteiger partial charge is 0.118 e. The van der Waals surface area contributed by atoms with Crippen LogP contribution in [0.2, 0.25) is 0 Å². The minimum atomic E-state index is 0.682. The van der Waals surface area contributed by atoms with Crippen molar-refractivity contribution in [3.8, 4) is 5.75 Å². The van der Waals surface area contributed by atoms with Crippen LogP contribution in [0.25, 0.3) is 0 Å². The van der Waals surface area contributed by atoms with Crippen LogP contribution in [0.4, 0.5) is 0 Å². The summed E-state index contributed by atoms with van der Waals surface area (Å²) in [5.74, 6) is 1.88. The average molecular weight is 288 g/mol. The lowest BCUT2D eigenvalue weighted by molar-refractivity contribution is 0.288. The predicted octanol–water partition coefficient (Wildman–Crippen LogP) is 3.05. The number of likely N-dealkylation sites (N-methyl/N-ethyl adjacent to an activating group) is 1. The fraction of sp³-hybridized carbons (Fsp3) is 0.667. The molecule has 1 aliphatic heterocycles. The molecule has 1 heterocycles. The zero-order chi connectivity index (χ0) is 14.7. The second kappa shape index (κ2) is 6.80. The third-order valence-electron chi connectivity index (χ3n) is 5.09. The van der Waals surface area contributed by atoms with Crippen LogP contribution in [0.3, 0.4) is 0 Å². The monoisotopic (exact) mass is 288 g/mol. The molecule has 3 unspecified atom stereocenters. The van der Waals surface area contributed by atoms with Gasteiger partial charge in [0.25, 0.3) is 0 Å². The van der Waals surface area contributed by atoms with E-state index < -0.39 is 0 Å². The first-order valence-electron chi connectivity index (χ1n) is 8.32. The summed E-state index contributed by atoms with van der Waals surface area (Å²) >= 11 is 0. The minimum Gasteiger partial charge on any atom is -0.497 e. The highest BCUT2D eigenvalue weighted by Crippen LogP contribution is 2.33. The molecule has 3 heteroatoms. The fourth-order valence-electron chi connectivity index (χ4n) is 4.06. The largest absolute Gasteiger partial charge is 0.497 e. The van der Waals surface area contributed by atoms with E-state index in [1.165, 1.54) is 37.7 Å². The molecule has 1 saturated heterocycles.